The summed E-state index contributed by atoms with van der Waals surface area (Å²) in [7, 11) is 0. The van der Waals surface area contributed by atoms with Crippen LogP contribution in [0.1, 0.15) is 24.2 Å². The van der Waals surface area contributed by atoms with Gasteiger partial charge in [0, 0.05) is 17.1 Å². The molecule has 1 atom stereocenters. The highest BCUT2D eigenvalue weighted by Gasteiger charge is 2.08. The zero-order chi connectivity index (χ0) is 13.0. The average molecular weight is 307 g/mol. The van der Waals surface area contributed by atoms with Gasteiger partial charge in [-0.3, -0.25) is 4.98 Å². The van der Waals surface area contributed by atoms with Crippen LogP contribution in [0.25, 0.3) is 0 Å². The standard InChI is InChI=1S/C14H15BrN2O/c1-10(13-4-2-3-5-14(13)15)16-8-11-6-7-12(18)9-17-11/h2-7,9-10,16,18H,8H2,1H3. The predicted molar refractivity (Wildman–Crippen MR) is 75.3 cm³/mol. The number of pyridine rings is 1. The maximum absolute atomic E-state index is 9.16. The van der Waals surface area contributed by atoms with Gasteiger partial charge in [-0.2, -0.15) is 0 Å². The van der Waals surface area contributed by atoms with E-state index >= 15 is 0 Å². The summed E-state index contributed by atoms with van der Waals surface area (Å²) in [5.41, 5.74) is 2.13. The Morgan fingerprint density at radius 3 is 2.72 bits per heavy atom. The van der Waals surface area contributed by atoms with Gasteiger partial charge < -0.3 is 10.4 Å². The molecule has 2 rings (SSSR count). The molecule has 0 amide bonds. The Morgan fingerprint density at radius 2 is 2.06 bits per heavy atom. The topological polar surface area (TPSA) is 45.1 Å². The van der Waals surface area contributed by atoms with Crippen LogP contribution >= 0.6 is 15.9 Å². The zero-order valence-corrected chi connectivity index (χ0v) is 11.7. The van der Waals surface area contributed by atoms with E-state index in [1.165, 1.54) is 11.8 Å². The molecule has 1 heterocycles. The Balaban J connectivity index is 1.98. The van der Waals surface area contributed by atoms with Gasteiger partial charge in [-0.25, -0.2) is 0 Å². The number of nitrogens with one attached hydrogen (secondary N) is 1. The highest BCUT2D eigenvalue weighted by atomic mass is 79.9. The van der Waals surface area contributed by atoms with Crippen LogP contribution in [0, 0.1) is 0 Å². The van der Waals surface area contributed by atoms with E-state index < -0.39 is 0 Å². The first-order chi connectivity index (χ1) is 8.66. The highest BCUT2D eigenvalue weighted by Crippen LogP contribution is 2.22. The van der Waals surface area contributed by atoms with Crippen molar-refractivity contribution in [3.8, 4) is 5.75 Å². The van der Waals surface area contributed by atoms with Crippen LogP contribution < -0.4 is 5.32 Å². The molecule has 3 nitrogen and oxygen atoms in total. The fourth-order valence-electron chi connectivity index (χ4n) is 1.72. The molecular weight excluding hydrogens is 292 g/mol. The number of hydrogen-bond donors (Lipinski definition) is 2. The molecule has 0 radical (unpaired) electrons. The molecule has 1 aromatic carbocycles. The molecule has 18 heavy (non-hydrogen) atoms. The SMILES string of the molecule is CC(NCc1ccc(O)cn1)c1ccccc1Br. The maximum Gasteiger partial charge on any atom is 0.133 e. The Bertz CT molecular complexity index is 513. The molecule has 1 aromatic heterocycles. The first kappa shape index (κ1) is 13.1. The van der Waals surface area contributed by atoms with Gasteiger partial charge in [-0.15, -0.1) is 0 Å². The molecule has 4 heteroatoms. The number of halogens is 1. The van der Waals surface area contributed by atoms with Crippen LogP contribution in [0.2, 0.25) is 0 Å². The average Bonchev–Trinajstić information content (AvgIpc) is 2.38. The lowest BCUT2D eigenvalue weighted by Gasteiger charge is -2.15. The molecule has 2 N–H and O–H groups in total. The van der Waals surface area contributed by atoms with Crippen LogP contribution in [-0.2, 0) is 6.54 Å². The van der Waals surface area contributed by atoms with Crippen molar-refractivity contribution < 1.29 is 5.11 Å². The highest BCUT2D eigenvalue weighted by molar-refractivity contribution is 9.10. The summed E-state index contributed by atoms with van der Waals surface area (Å²) in [5.74, 6) is 0.192. The van der Waals surface area contributed by atoms with E-state index in [1.807, 2.05) is 24.3 Å². The first-order valence-electron chi connectivity index (χ1n) is 5.78. The molecule has 0 fully saturated rings. The van der Waals surface area contributed by atoms with Gasteiger partial charge in [0.2, 0.25) is 0 Å². The summed E-state index contributed by atoms with van der Waals surface area (Å²) in [4.78, 5) is 4.14. The van der Waals surface area contributed by atoms with E-state index in [0.717, 1.165) is 10.2 Å². The monoisotopic (exact) mass is 306 g/mol. The van der Waals surface area contributed by atoms with Crippen LogP contribution in [0.4, 0.5) is 0 Å². The Labute approximate surface area is 115 Å². The lowest BCUT2D eigenvalue weighted by Crippen LogP contribution is -2.19. The van der Waals surface area contributed by atoms with E-state index in [0.29, 0.717) is 6.54 Å². The van der Waals surface area contributed by atoms with E-state index in [1.54, 1.807) is 6.07 Å². The summed E-state index contributed by atoms with van der Waals surface area (Å²) in [6.45, 7) is 2.78. The van der Waals surface area contributed by atoms with Gasteiger partial charge >= 0.3 is 0 Å². The van der Waals surface area contributed by atoms with Crippen LogP contribution in [0.3, 0.4) is 0 Å². The van der Waals surface area contributed by atoms with E-state index in [9.17, 15) is 0 Å². The number of aromatic hydroxyl groups is 1. The second-order valence-electron chi connectivity index (χ2n) is 4.13. The Hall–Kier alpha value is -1.39. The third-order valence-corrected chi connectivity index (χ3v) is 3.49. The molecular formula is C14H15BrN2O. The summed E-state index contributed by atoms with van der Waals surface area (Å²) in [6, 6.07) is 11.8. The van der Waals surface area contributed by atoms with Crippen molar-refractivity contribution in [2.45, 2.75) is 19.5 Å². The maximum atomic E-state index is 9.16. The summed E-state index contributed by atoms with van der Waals surface area (Å²) < 4.78 is 1.10. The van der Waals surface area contributed by atoms with Crippen molar-refractivity contribution in [1.29, 1.82) is 0 Å². The minimum atomic E-state index is 0.192. The zero-order valence-electron chi connectivity index (χ0n) is 10.1. The molecule has 0 saturated heterocycles. The quantitative estimate of drug-likeness (QED) is 0.910. The van der Waals surface area contributed by atoms with Crippen molar-refractivity contribution in [2.75, 3.05) is 0 Å². The molecule has 0 aliphatic heterocycles. The van der Waals surface area contributed by atoms with Crippen molar-refractivity contribution in [3.63, 3.8) is 0 Å². The molecule has 1 unspecified atom stereocenters. The largest absolute Gasteiger partial charge is 0.506 e. The van der Waals surface area contributed by atoms with Gasteiger partial charge in [0.05, 0.1) is 11.9 Å². The third-order valence-electron chi connectivity index (χ3n) is 2.77. The van der Waals surface area contributed by atoms with Gasteiger partial charge in [-0.05, 0) is 30.7 Å². The second kappa shape index (κ2) is 5.98. The number of rotatable bonds is 4. The van der Waals surface area contributed by atoms with Gasteiger partial charge in [0.25, 0.3) is 0 Å². The van der Waals surface area contributed by atoms with Crippen LogP contribution in [-0.4, -0.2) is 10.1 Å². The number of aromatic nitrogens is 1. The van der Waals surface area contributed by atoms with Gasteiger partial charge in [0.1, 0.15) is 5.75 Å². The lowest BCUT2D eigenvalue weighted by atomic mass is 10.1. The number of hydrogen-bond acceptors (Lipinski definition) is 3. The molecule has 0 aliphatic carbocycles. The predicted octanol–water partition coefficient (Wildman–Crippen LogP) is 3.40. The number of nitrogens with zero attached hydrogens (tertiary/aromatic N) is 1. The summed E-state index contributed by atoms with van der Waals surface area (Å²) >= 11 is 3.54. The minimum absolute atomic E-state index is 0.192. The van der Waals surface area contributed by atoms with E-state index in [-0.39, 0.29) is 11.8 Å². The fourth-order valence-corrected chi connectivity index (χ4v) is 2.34. The van der Waals surface area contributed by atoms with Crippen molar-refractivity contribution in [3.05, 3.63) is 58.3 Å². The lowest BCUT2D eigenvalue weighted by molar-refractivity contribution is 0.471. The molecule has 94 valence electrons. The van der Waals surface area contributed by atoms with E-state index in [4.69, 9.17) is 5.11 Å². The Morgan fingerprint density at radius 1 is 1.28 bits per heavy atom. The molecule has 0 aliphatic rings. The Kier molecular flexibility index (Phi) is 4.33. The summed E-state index contributed by atoms with van der Waals surface area (Å²) in [6.07, 6.45) is 1.46. The van der Waals surface area contributed by atoms with Crippen molar-refractivity contribution >= 4 is 15.9 Å². The molecule has 2 aromatic rings. The van der Waals surface area contributed by atoms with Gasteiger partial charge in [-0.1, -0.05) is 34.1 Å². The van der Waals surface area contributed by atoms with Crippen molar-refractivity contribution in [1.82, 2.24) is 10.3 Å². The third kappa shape index (κ3) is 3.31. The number of benzene rings is 1. The second-order valence-corrected chi connectivity index (χ2v) is 4.99. The minimum Gasteiger partial charge on any atom is -0.506 e. The van der Waals surface area contributed by atoms with Gasteiger partial charge in [0.15, 0.2) is 0 Å². The van der Waals surface area contributed by atoms with Crippen LogP contribution in [0.5, 0.6) is 5.75 Å². The molecule has 0 spiro atoms. The van der Waals surface area contributed by atoms with Crippen molar-refractivity contribution in [2.24, 2.45) is 0 Å². The van der Waals surface area contributed by atoms with Crippen LogP contribution in [0.15, 0.2) is 47.1 Å². The molecule has 0 saturated carbocycles. The molecule has 0 bridgehead atoms. The summed E-state index contributed by atoms with van der Waals surface area (Å²) in [5, 5.41) is 12.6. The first-order valence-corrected chi connectivity index (χ1v) is 6.58. The fraction of sp³-hybridized carbons (Fsp3) is 0.214. The van der Waals surface area contributed by atoms with E-state index in [2.05, 4.69) is 39.2 Å². The normalized spacial score (nSPS) is 12.3. The smallest absolute Gasteiger partial charge is 0.133 e.